The zero-order valence-electron chi connectivity index (χ0n) is 14.0. The van der Waals surface area contributed by atoms with Gasteiger partial charge in [-0.1, -0.05) is 13.8 Å². The number of carbonyl (C=O) groups is 2. The number of carbonyl (C=O) groups excluding carboxylic acids is 2. The Bertz CT molecular complexity index is 391. The molecule has 0 unspecified atom stereocenters. The summed E-state index contributed by atoms with van der Waals surface area (Å²) in [6.07, 6.45) is 2.94. The molecule has 2 rings (SSSR count). The van der Waals surface area contributed by atoms with Crippen LogP contribution in [0.15, 0.2) is 0 Å². The number of nitrogens with zero attached hydrogens (tertiary/aromatic N) is 1. The summed E-state index contributed by atoms with van der Waals surface area (Å²) in [5.74, 6) is 2.52. The zero-order valence-corrected chi connectivity index (χ0v) is 14.0. The summed E-state index contributed by atoms with van der Waals surface area (Å²) in [5.41, 5.74) is -0.435. The van der Waals surface area contributed by atoms with E-state index in [1.807, 2.05) is 25.7 Å². The van der Waals surface area contributed by atoms with Gasteiger partial charge in [0.15, 0.2) is 0 Å². The smallest absolute Gasteiger partial charge is 0.410 e. The number of aldehydes is 1. The van der Waals surface area contributed by atoms with Crippen molar-refractivity contribution in [3.63, 3.8) is 0 Å². The first-order chi connectivity index (χ1) is 9.74. The van der Waals surface area contributed by atoms with Crippen LogP contribution < -0.4 is 0 Å². The lowest BCUT2D eigenvalue weighted by Gasteiger charge is -2.34. The van der Waals surface area contributed by atoms with E-state index < -0.39 is 5.60 Å². The summed E-state index contributed by atoms with van der Waals surface area (Å²) in [7, 11) is 0. The highest BCUT2D eigenvalue weighted by molar-refractivity contribution is 5.68. The van der Waals surface area contributed by atoms with Crippen LogP contribution in [0, 0.1) is 29.6 Å². The molecule has 1 amide bonds. The molecule has 0 spiro atoms. The van der Waals surface area contributed by atoms with Gasteiger partial charge in [-0.2, -0.15) is 0 Å². The van der Waals surface area contributed by atoms with Crippen molar-refractivity contribution in [3.8, 4) is 0 Å². The highest BCUT2D eigenvalue weighted by Gasteiger charge is 2.55. The van der Waals surface area contributed by atoms with Crippen LogP contribution in [0.2, 0.25) is 0 Å². The summed E-state index contributed by atoms with van der Waals surface area (Å²) in [4.78, 5) is 25.0. The molecule has 120 valence electrons. The van der Waals surface area contributed by atoms with Crippen LogP contribution in [0.25, 0.3) is 0 Å². The number of amides is 1. The van der Waals surface area contributed by atoms with Gasteiger partial charge < -0.3 is 14.4 Å². The van der Waals surface area contributed by atoms with Gasteiger partial charge in [0.1, 0.15) is 11.9 Å². The Kier molecular flexibility index (Phi) is 4.64. The Balaban J connectivity index is 1.84. The third-order valence-corrected chi connectivity index (χ3v) is 4.86. The standard InChI is InChI=1S/C17H29NO3/c1-11(2)14-13(10-19)15(14)12-6-8-18(9-7-12)16(20)21-17(3,4)5/h10-15H,6-9H2,1-5H3/t13-,14-,15-/m1/s1. The first-order valence-corrected chi connectivity index (χ1v) is 8.18. The molecule has 2 aliphatic rings. The molecule has 2 fully saturated rings. The van der Waals surface area contributed by atoms with Gasteiger partial charge >= 0.3 is 6.09 Å². The maximum Gasteiger partial charge on any atom is 0.410 e. The van der Waals surface area contributed by atoms with E-state index in [0.717, 1.165) is 32.2 Å². The van der Waals surface area contributed by atoms with Crippen LogP contribution in [0.1, 0.15) is 47.5 Å². The van der Waals surface area contributed by atoms with Crippen LogP contribution in [-0.4, -0.2) is 36.0 Å². The first kappa shape index (κ1) is 16.3. The van der Waals surface area contributed by atoms with Crippen molar-refractivity contribution >= 4 is 12.4 Å². The molecule has 1 aliphatic heterocycles. The SMILES string of the molecule is CC(C)[C@@H]1[C@@H](C=O)[C@H]1C1CCN(C(=O)OC(C)(C)C)CC1. The summed E-state index contributed by atoms with van der Waals surface area (Å²) in [5, 5.41) is 0. The van der Waals surface area contributed by atoms with Gasteiger partial charge in [-0.05, 0) is 57.3 Å². The third kappa shape index (κ3) is 3.78. The molecule has 0 aromatic heterocycles. The fourth-order valence-electron chi connectivity index (χ4n) is 3.88. The molecular formula is C17H29NO3. The van der Waals surface area contributed by atoms with Crippen molar-refractivity contribution in [2.45, 2.75) is 53.1 Å². The third-order valence-electron chi connectivity index (χ3n) is 4.86. The Morgan fingerprint density at radius 3 is 2.19 bits per heavy atom. The van der Waals surface area contributed by atoms with Gasteiger partial charge in [-0.25, -0.2) is 4.79 Å². The minimum absolute atomic E-state index is 0.205. The van der Waals surface area contributed by atoms with E-state index in [4.69, 9.17) is 4.74 Å². The van der Waals surface area contributed by atoms with Gasteiger partial charge in [-0.15, -0.1) is 0 Å². The van der Waals surface area contributed by atoms with E-state index >= 15 is 0 Å². The van der Waals surface area contributed by atoms with E-state index in [9.17, 15) is 9.59 Å². The largest absolute Gasteiger partial charge is 0.444 e. The number of hydrogen-bond acceptors (Lipinski definition) is 3. The van der Waals surface area contributed by atoms with Crippen molar-refractivity contribution in [1.29, 1.82) is 0 Å². The fourth-order valence-corrected chi connectivity index (χ4v) is 3.88. The van der Waals surface area contributed by atoms with Gasteiger partial charge in [0.25, 0.3) is 0 Å². The lowest BCUT2D eigenvalue weighted by molar-refractivity contribution is -0.109. The second kappa shape index (κ2) is 5.98. The van der Waals surface area contributed by atoms with Gasteiger partial charge in [0.05, 0.1) is 0 Å². The van der Waals surface area contributed by atoms with Crippen molar-refractivity contribution in [2.75, 3.05) is 13.1 Å². The van der Waals surface area contributed by atoms with E-state index in [1.54, 1.807) is 0 Å². The van der Waals surface area contributed by atoms with Crippen LogP contribution in [0.4, 0.5) is 4.79 Å². The molecule has 1 saturated heterocycles. The lowest BCUT2D eigenvalue weighted by atomic mass is 9.89. The minimum atomic E-state index is -0.435. The Hall–Kier alpha value is -1.06. The number of rotatable bonds is 3. The molecule has 0 radical (unpaired) electrons. The Morgan fingerprint density at radius 1 is 1.24 bits per heavy atom. The molecule has 4 heteroatoms. The van der Waals surface area contributed by atoms with Crippen LogP contribution in [0.5, 0.6) is 0 Å². The zero-order chi connectivity index (χ0) is 15.8. The maximum atomic E-state index is 12.0. The molecule has 0 bridgehead atoms. The molecule has 0 aromatic carbocycles. The highest BCUT2D eigenvalue weighted by atomic mass is 16.6. The quantitative estimate of drug-likeness (QED) is 0.750. The van der Waals surface area contributed by atoms with E-state index in [0.29, 0.717) is 23.7 Å². The maximum absolute atomic E-state index is 12.0. The van der Waals surface area contributed by atoms with Gasteiger partial charge in [-0.3, -0.25) is 0 Å². The number of likely N-dealkylation sites (tertiary alicyclic amines) is 1. The average molecular weight is 295 g/mol. The van der Waals surface area contributed by atoms with Gasteiger partial charge in [0.2, 0.25) is 0 Å². The molecule has 4 nitrogen and oxygen atoms in total. The molecule has 1 aliphatic carbocycles. The molecule has 1 saturated carbocycles. The fraction of sp³-hybridized carbons (Fsp3) is 0.882. The van der Waals surface area contributed by atoms with Crippen molar-refractivity contribution < 1.29 is 14.3 Å². The summed E-state index contributed by atoms with van der Waals surface area (Å²) in [6.45, 7) is 11.6. The van der Waals surface area contributed by atoms with E-state index in [2.05, 4.69) is 13.8 Å². The van der Waals surface area contributed by atoms with Crippen LogP contribution in [0.3, 0.4) is 0 Å². The molecular weight excluding hydrogens is 266 g/mol. The summed E-state index contributed by atoms with van der Waals surface area (Å²) in [6, 6.07) is 0. The topological polar surface area (TPSA) is 46.6 Å². The number of hydrogen-bond donors (Lipinski definition) is 0. The molecule has 1 heterocycles. The molecule has 0 aromatic rings. The first-order valence-electron chi connectivity index (χ1n) is 8.18. The molecule has 3 atom stereocenters. The second-order valence-corrected chi connectivity index (χ2v) is 7.92. The van der Waals surface area contributed by atoms with Gasteiger partial charge in [0, 0.05) is 19.0 Å². The summed E-state index contributed by atoms with van der Waals surface area (Å²) < 4.78 is 5.42. The number of piperidine rings is 1. The lowest BCUT2D eigenvalue weighted by Crippen LogP contribution is -2.42. The average Bonchev–Trinajstić information content (AvgIpc) is 3.11. The van der Waals surface area contributed by atoms with E-state index in [1.165, 1.54) is 0 Å². The van der Waals surface area contributed by atoms with E-state index in [-0.39, 0.29) is 12.0 Å². The Morgan fingerprint density at radius 2 is 1.81 bits per heavy atom. The Labute approximate surface area is 128 Å². The molecule has 0 N–H and O–H groups in total. The second-order valence-electron chi connectivity index (χ2n) is 7.92. The number of ether oxygens (including phenoxy) is 1. The van der Waals surface area contributed by atoms with Crippen molar-refractivity contribution in [1.82, 2.24) is 4.90 Å². The predicted octanol–water partition coefficient (Wildman–Crippen LogP) is 3.35. The van der Waals surface area contributed by atoms with Crippen molar-refractivity contribution in [3.05, 3.63) is 0 Å². The minimum Gasteiger partial charge on any atom is -0.444 e. The summed E-state index contributed by atoms with van der Waals surface area (Å²) >= 11 is 0. The van der Waals surface area contributed by atoms with Crippen LogP contribution in [-0.2, 0) is 9.53 Å². The highest BCUT2D eigenvalue weighted by Crippen LogP contribution is 2.56. The normalized spacial score (nSPS) is 30.4. The van der Waals surface area contributed by atoms with Crippen molar-refractivity contribution in [2.24, 2.45) is 29.6 Å². The monoisotopic (exact) mass is 295 g/mol. The predicted molar refractivity (Wildman–Crippen MR) is 81.9 cm³/mol. The van der Waals surface area contributed by atoms with Crippen LogP contribution >= 0.6 is 0 Å². The molecule has 21 heavy (non-hydrogen) atoms.